The first-order chi connectivity index (χ1) is 13.5. The SMILES string of the molecule is Cc1ccc(-c2cc(/C=N/O)cc(C(=O)N[C@H](C)c3ccc(F)cn3)c2)nc1. The van der Waals surface area contributed by atoms with E-state index < -0.39 is 11.9 Å². The first kappa shape index (κ1) is 19.2. The lowest BCUT2D eigenvalue weighted by molar-refractivity contribution is 0.0939. The molecule has 3 aromatic rings. The zero-order valence-electron chi connectivity index (χ0n) is 15.4. The fraction of sp³-hybridized carbons (Fsp3) is 0.143. The van der Waals surface area contributed by atoms with E-state index in [4.69, 9.17) is 5.21 Å². The number of amides is 1. The molecule has 0 aliphatic rings. The van der Waals surface area contributed by atoms with Crippen LogP contribution in [0.5, 0.6) is 0 Å². The zero-order chi connectivity index (χ0) is 20.1. The van der Waals surface area contributed by atoms with Crippen LogP contribution in [0.25, 0.3) is 11.3 Å². The summed E-state index contributed by atoms with van der Waals surface area (Å²) in [6.45, 7) is 3.70. The second kappa shape index (κ2) is 8.39. The Balaban J connectivity index is 1.90. The van der Waals surface area contributed by atoms with Crippen LogP contribution in [0.4, 0.5) is 4.39 Å². The van der Waals surface area contributed by atoms with Crippen molar-refractivity contribution in [1.29, 1.82) is 0 Å². The lowest BCUT2D eigenvalue weighted by Gasteiger charge is -2.14. The third-order valence-corrected chi connectivity index (χ3v) is 4.17. The summed E-state index contributed by atoms with van der Waals surface area (Å²) in [6.07, 6.45) is 4.10. The molecule has 28 heavy (non-hydrogen) atoms. The Morgan fingerprint density at radius 3 is 2.64 bits per heavy atom. The van der Waals surface area contributed by atoms with E-state index in [2.05, 4.69) is 20.4 Å². The molecule has 0 unspecified atom stereocenters. The van der Waals surface area contributed by atoms with Crippen LogP contribution in [0.3, 0.4) is 0 Å². The Hall–Kier alpha value is -3.61. The summed E-state index contributed by atoms with van der Waals surface area (Å²) in [7, 11) is 0. The van der Waals surface area contributed by atoms with Crippen molar-refractivity contribution in [2.24, 2.45) is 5.16 Å². The maximum absolute atomic E-state index is 13.0. The molecule has 1 aromatic carbocycles. The lowest BCUT2D eigenvalue weighted by atomic mass is 10.0. The van der Waals surface area contributed by atoms with Gasteiger partial charge in [-0.25, -0.2) is 4.39 Å². The smallest absolute Gasteiger partial charge is 0.251 e. The number of benzene rings is 1. The van der Waals surface area contributed by atoms with Crippen molar-refractivity contribution in [1.82, 2.24) is 15.3 Å². The number of hydrogen-bond acceptors (Lipinski definition) is 5. The maximum atomic E-state index is 13.0. The summed E-state index contributed by atoms with van der Waals surface area (Å²) < 4.78 is 13.0. The van der Waals surface area contributed by atoms with Crippen LogP contribution in [0.2, 0.25) is 0 Å². The molecule has 0 bridgehead atoms. The molecule has 0 saturated carbocycles. The number of carbonyl (C=O) groups excluding carboxylic acids is 1. The molecule has 0 spiro atoms. The summed E-state index contributed by atoms with van der Waals surface area (Å²) in [5, 5.41) is 14.8. The molecule has 0 fully saturated rings. The highest BCUT2D eigenvalue weighted by atomic mass is 19.1. The number of pyridine rings is 2. The predicted molar refractivity (Wildman–Crippen MR) is 104 cm³/mol. The number of hydrogen-bond donors (Lipinski definition) is 2. The second-order valence-corrected chi connectivity index (χ2v) is 6.41. The van der Waals surface area contributed by atoms with E-state index >= 15 is 0 Å². The van der Waals surface area contributed by atoms with E-state index in [0.29, 0.717) is 22.5 Å². The van der Waals surface area contributed by atoms with Gasteiger partial charge in [-0.1, -0.05) is 11.2 Å². The fourth-order valence-electron chi connectivity index (χ4n) is 2.71. The highest BCUT2D eigenvalue weighted by Crippen LogP contribution is 2.21. The number of aromatic nitrogens is 2. The standard InChI is InChI=1S/C21H19FN4O2/c1-13-3-5-20(23-10-13)16-7-15(11-25-28)8-17(9-16)21(27)26-14(2)19-6-4-18(22)12-24-19/h3-12,14,28H,1-2H3,(H,26,27)/b25-11+/t14-/m1/s1. The van der Waals surface area contributed by atoms with E-state index in [1.807, 2.05) is 19.1 Å². The van der Waals surface area contributed by atoms with Crippen LogP contribution < -0.4 is 5.32 Å². The van der Waals surface area contributed by atoms with Gasteiger partial charge in [-0.2, -0.15) is 0 Å². The minimum Gasteiger partial charge on any atom is -0.411 e. The maximum Gasteiger partial charge on any atom is 0.251 e. The van der Waals surface area contributed by atoms with Crippen LogP contribution >= 0.6 is 0 Å². The zero-order valence-corrected chi connectivity index (χ0v) is 15.4. The summed E-state index contributed by atoms with van der Waals surface area (Å²) in [6, 6.07) is 11.3. The molecular weight excluding hydrogens is 359 g/mol. The van der Waals surface area contributed by atoms with Crippen LogP contribution in [-0.4, -0.2) is 27.3 Å². The van der Waals surface area contributed by atoms with Gasteiger partial charge in [0.05, 0.1) is 29.8 Å². The van der Waals surface area contributed by atoms with E-state index in [-0.39, 0.29) is 5.91 Å². The van der Waals surface area contributed by atoms with Gasteiger partial charge in [0, 0.05) is 17.3 Å². The van der Waals surface area contributed by atoms with Crippen LogP contribution in [0.15, 0.2) is 60.0 Å². The van der Waals surface area contributed by atoms with Crippen molar-refractivity contribution in [2.45, 2.75) is 19.9 Å². The van der Waals surface area contributed by atoms with Crippen LogP contribution in [-0.2, 0) is 0 Å². The van der Waals surface area contributed by atoms with Crippen molar-refractivity contribution in [2.75, 3.05) is 0 Å². The highest BCUT2D eigenvalue weighted by Gasteiger charge is 2.15. The van der Waals surface area contributed by atoms with Crippen molar-refractivity contribution in [3.63, 3.8) is 0 Å². The minimum absolute atomic E-state index is 0.333. The quantitative estimate of drug-likeness (QED) is 0.401. The molecule has 2 heterocycles. The number of nitrogens with one attached hydrogen (secondary N) is 1. The molecular formula is C21H19FN4O2. The molecule has 2 N–H and O–H groups in total. The molecule has 0 saturated heterocycles. The topological polar surface area (TPSA) is 87.5 Å². The van der Waals surface area contributed by atoms with Gasteiger partial charge in [-0.15, -0.1) is 0 Å². The number of rotatable bonds is 5. The number of halogens is 1. The summed E-state index contributed by atoms with van der Waals surface area (Å²) in [5.41, 5.74) is 3.92. The number of carbonyl (C=O) groups is 1. The van der Waals surface area contributed by atoms with Gasteiger partial charge in [0.1, 0.15) is 5.82 Å². The van der Waals surface area contributed by atoms with Gasteiger partial charge < -0.3 is 10.5 Å². The first-order valence-electron chi connectivity index (χ1n) is 8.64. The first-order valence-corrected chi connectivity index (χ1v) is 8.64. The Bertz CT molecular complexity index is 1000. The molecule has 0 aliphatic heterocycles. The molecule has 1 atom stereocenters. The third kappa shape index (κ3) is 4.56. The Kier molecular flexibility index (Phi) is 5.74. The largest absolute Gasteiger partial charge is 0.411 e. The van der Waals surface area contributed by atoms with Gasteiger partial charge in [0.15, 0.2) is 0 Å². The molecule has 142 valence electrons. The Morgan fingerprint density at radius 1 is 1.18 bits per heavy atom. The predicted octanol–water partition coefficient (Wildman–Crippen LogP) is 3.89. The van der Waals surface area contributed by atoms with E-state index in [1.54, 1.807) is 31.3 Å². The van der Waals surface area contributed by atoms with E-state index in [9.17, 15) is 9.18 Å². The van der Waals surface area contributed by atoms with E-state index in [0.717, 1.165) is 17.3 Å². The van der Waals surface area contributed by atoms with Crippen molar-refractivity contribution < 1.29 is 14.4 Å². The van der Waals surface area contributed by atoms with Crippen molar-refractivity contribution in [3.05, 3.63) is 83.1 Å². The van der Waals surface area contributed by atoms with E-state index in [1.165, 1.54) is 18.3 Å². The Labute approximate surface area is 161 Å². The van der Waals surface area contributed by atoms with Gasteiger partial charge in [-0.3, -0.25) is 14.8 Å². The second-order valence-electron chi connectivity index (χ2n) is 6.41. The lowest BCUT2D eigenvalue weighted by Crippen LogP contribution is -2.27. The van der Waals surface area contributed by atoms with Crippen molar-refractivity contribution in [3.8, 4) is 11.3 Å². The molecule has 7 heteroatoms. The van der Waals surface area contributed by atoms with Gasteiger partial charge in [0.25, 0.3) is 5.91 Å². The highest BCUT2D eigenvalue weighted by molar-refractivity contribution is 5.98. The van der Waals surface area contributed by atoms with Crippen LogP contribution in [0.1, 0.15) is 40.1 Å². The normalized spacial score (nSPS) is 12.1. The number of aryl methyl sites for hydroxylation is 1. The average Bonchev–Trinajstić information content (AvgIpc) is 2.69. The monoisotopic (exact) mass is 378 g/mol. The van der Waals surface area contributed by atoms with Gasteiger partial charge >= 0.3 is 0 Å². The Morgan fingerprint density at radius 2 is 2.00 bits per heavy atom. The van der Waals surface area contributed by atoms with Gasteiger partial charge in [0.2, 0.25) is 0 Å². The summed E-state index contributed by atoms with van der Waals surface area (Å²) in [4.78, 5) is 21.1. The molecule has 0 aliphatic carbocycles. The van der Waals surface area contributed by atoms with Crippen LogP contribution in [0, 0.1) is 12.7 Å². The number of nitrogens with zero attached hydrogens (tertiary/aromatic N) is 3. The molecule has 3 rings (SSSR count). The minimum atomic E-state index is -0.437. The number of oxime groups is 1. The summed E-state index contributed by atoms with van der Waals surface area (Å²) in [5.74, 6) is -0.770. The molecule has 0 radical (unpaired) electrons. The summed E-state index contributed by atoms with van der Waals surface area (Å²) >= 11 is 0. The van der Waals surface area contributed by atoms with Gasteiger partial charge in [-0.05, 0) is 61.4 Å². The van der Waals surface area contributed by atoms with Crippen molar-refractivity contribution >= 4 is 12.1 Å². The fourth-order valence-corrected chi connectivity index (χ4v) is 2.71. The molecule has 6 nitrogen and oxygen atoms in total. The molecule has 2 aromatic heterocycles. The molecule has 1 amide bonds. The average molecular weight is 378 g/mol. The third-order valence-electron chi connectivity index (χ3n) is 4.17.